The van der Waals surface area contributed by atoms with Gasteiger partial charge in [0.05, 0.1) is 4.92 Å². The molecule has 2 fully saturated rings. The van der Waals surface area contributed by atoms with Crippen LogP contribution in [0, 0.1) is 23.0 Å². The molecule has 1 amide bonds. The number of hydrogen-bond acceptors (Lipinski definition) is 5. The zero-order valence-electron chi connectivity index (χ0n) is 22.6. The van der Waals surface area contributed by atoms with Gasteiger partial charge >= 0.3 is 0 Å². The molecule has 3 aromatic carbocycles. The summed E-state index contributed by atoms with van der Waals surface area (Å²) in [5.74, 6) is 0.297. The molecule has 1 heterocycles. The number of hydrogen-bond donors (Lipinski definition) is 0. The third kappa shape index (κ3) is 7.08. The quantitative estimate of drug-likeness (QED) is 0.210. The lowest BCUT2D eigenvalue weighted by Crippen LogP contribution is -2.48. The van der Waals surface area contributed by atoms with Crippen LogP contribution in [0.4, 0.5) is 5.69 Å². The maximum atomic E-state index is 13.9. The molecule has 2 aliphatic rings. The van der Waals surface area contributed by atoms with Crippen LogP contribution in [0.3, 0.4) is 0 Å². The molecule has 0 spiro atoms. The highest BCUT2D eigenvalue weighted by molar-refractivity contribution is 7.99. The number of likely N-dealkylation sites (tertiary alicyclic amines) is 1. The van der Waals surface area contributed by atoms with Gasteiger partial charge in [-0.3, -0.25) is 19.8 Å². The number of carbonyl (C=O) groups is 1. The molecule has 0 unspecified atom stereocenters. The molecule has 0 atom stereocenters. The number of nitro benzene ring substituents is 1. The fourth-order valence-corrected chi connectivity index (χ4v) is 6.76. The second kappa shape index (κ2) is 12.8. The Balaban J connectivity index is 1.38. The summed E-state index contributed by atoms with van der Waals surface area (Å²) in [6, 6.07) is 24.1. The van der Waals surface area contributed by atoms with Crippen molar-refractivity contribution in [3.63, 3.8) is 0 Å². The Labute approximate surface area is 235 Å². The van der Waals surface area contributed by atoms with Crippen LogP contribution in [-0.4, -0.2) is 39.8 Å². The highest BCUT2D eigenvalue weighted by Crippen LogP contribution is 2.36. The average Bonchev–Trinajstić information content (AvgIpc) is 3.50. The SMILES string of the molecule is Cc1ccc(Sc2ccc([N+](=O)[O-])cc2CN(C(=O)C2CCCC2)C2CCN(Cc3ccccc3)CC2)cc1. The minimum Gasteiger partial charge on any atom is -0.335 e. The molecule has 7 heteroatoms. The van der Waals surface area contributed by atoms with Gasteiger partial charge in [0, 0.05) is 60.1 Å². The van der Waals surface area contributed by atoms with Gasteiger partial charge in [-0.05, 0) is 61.9 Å². The molecular weight excluding hydrogens is 506 g/mol. The highest BCUT2D eigenvalue weighted by Gasteiger charge is 2.34. The maximum Gasteiger partial charge on any atom is 0.269 e. The van der Waals surface area contributed by atoms with Gasteiger partial charge in [-0.25, -0.2) is 0 Å². The van der Waals surface area contributed by atoms with Crippen molar-refractivity contribution in [2.75, 3.05) is 13.1 Å². The van der Waals surface area contributed by atoms with Gasteiger partial charge in [0.2, 0.25) is 5.91 Å². The van der Waals surface area contributed by atoms with Crippen molar-refractivity contribution in [2.45, 2.75) is 74.4 Å². The zero-order chi connectivity index (χ0) is 27.2. The van der Waals surface area contributed by atoms with Gasteiger partial charge in [-0.2, -0.15) is 0 Å². The Bertz CT molecular complexity index is 1270. The number of piperidine rings is 1. The molecule has 0 aromatic heterocycles. The van der Waals surface area contributed by atoms with Gasteiger partial charge in [0.15, 0.2) is 0 Å². The standard InChI is InChI=1S/C32H37N3O3S/c1-24-11-14-30(15-12-24)39-31-16-13-29(35(37)38)21-27(31)23-34(32(36)26-9-5-6-10-26)28-17-19-33(20-18-28)22-25-7-3-2-4-8-25/h2-4,7-8,11-16,21,26,28H,5-6,9-10,17-20,22-23H2,1H3. The van der Waals surface area contributed by atoms with Crippen LogP contribution in [0.5, 0.6) is 0 Å². The van der Waals surface area contributed by atoms with Crippen molar-refractivity contribution in [3.05, 3.63) is 99.6 Å². The van der Waals surface area contributed by atoms with Crippen molar-refractivity contribution in [3.8, 4) is 0 Å². The van der Waals surface area contributed by atoms with E-state index in [-0.39, 0.29) is 28.5 Å². The lowest BCUT2D eigenvalue weighted by atomic mass is 9.98. The van der Waals surface area contributed by atoms with Crippen LogP contribution in [0.15, 0.2) is 82.6 Å². The summed E-state index contributed by atoms with van der Waals surface area (Å²) >= 11 is 1.61. The first-order valence-electron chi connectivity index (χ1n) is 14.0. The molecule has 1 aliphatic heterocycles. The number of nitro groups is 1. The monoisotopic (exact) mass is 543 g/mol. The predicted molar refractivity (Wildman–Crippen MR) is 156 cm³/mol. The minimum atomic E-state index is -0.338. The summed E-state index contributed by atoms with van der Waals surface area (Å²) in [6.07, 6.45) is 5.93. The Morgan fingerprint density at radius 3 is 2.33 bits per heavy atom. The van der Waals surface area contributed by atoms with Crippen molar-refractivity contribution in [1.29, 1.82) is 0 Å². The number of aryl methyl sites for hydroxylation is 1. The van der Waals surface area contributed by atoms with Gasteiger partial charge in [-0.1, -0.05) is 72.6 Å². The number of non-ortho nitro benzene ring substituents is 1. The van der Waals surface area contributed by atoms with E-state index in [2.05, 4.69) is 65.3 Å². The van der Waals surface area contributed by atoms with Crippen LogP contribution in [0.2, 0.25) is 0 Å². The van der Waals surface area contributed by atoms with E-state index < -0.39 is 0 Å². The molecular formula is C32H37N3O3S. The van der Waals surface area contributed by atoms with Crippen molar-refractivity contribution >= 4 is 23.4 Å². The number of benzene rings is 3. The predicted octanol–water partition coefficient (Wildman–Crippen LogP) is 7.24. The third-order valence-electron chi connectivity index (χ3n) is 8.08. The smallest absolute Gasteiger partial charge is 0.269 e. The topological polar surface area (TPSA) is 66.7 Å². The van der Waals surface area contributed by atoms with Crippen molar-refractivity contribution in [2.24, 2.45) is 5.92 Å². The second-order valence-corrected chi connectivity index (χ2v) is 12.0. The van der Waals surface area contributed by atoms with Gasteiger partial charge < -0.3 is 4.90 Å². The highest BCUT2D eigenvalue weighted by atomic mass is 32.2. The molecule has 204 valence electrons. The first kappa shape index (κ1) is 27.4. The average molecular weight is 544 g/mol. The molecule has 1 aliphatic carbocycles. The Morgan fingerprint density at radius 2 is 1.67 bits per heavy atom. The van der Waals surface area contributed by atoms with Crippen LogP contribution >= 0.6 is 11.8 Å². The summed E-state index contributed by atoms with van der Waals surface area (Å²) in [4.78, 5) is 31.9. The van der Waals surface area contributed by atoms with Gasteiger partial charge in [-0.15, -0.1) is 0 Å². The molecule has 3 aromatic rings. The zero-order valence-corrected chi connectivity index (χ0v) is 23.4. The van der Waals surface area contributed by atoms with Crippen LogP contribution in [0.25, 0.3) is 0 Å². The van der Waals surface area contributed by atoms with Crippen LogP contribution in [-0.2, 0) is 17.9 Å². The number of rotatable bonds is 9. The molecule has 5 rings (SSSR count). The van der Waals surface area contributed by atoms with Crippen molar-refractivity contribution < 1.29 is 9.72 Å². The van der Waals surface area contributed by atoms with E-state index in [4.69, 9.17) is 0 Å². The fraction of sp³-hybridized carbons (Fsp3) is 0.406. The molecule has 0 N–H and O–H groups in total. The lowest BCUT2D eigenvalue weighted by molar-refractivity contribution is -0.385. The first-order valence-corrected chi connectivity index (χ1v) is 14.9. The molecule has 6 nitrogen and oxygen atoms in total. The summed E-state index contributed by atoms with van der Waals surface area (Å²) in [5.41, 5.74) is 3.43. The summed E-state index contributed by atoms with van der Waals surface area (Å²) in [5, 5.41) is 11.7. The molecule has 0 bridgehead atoms. The Kier molecular flexibility index (Phi) is 8.99. The third-order valence-corrected chi connectivity index (χ3v) is 9.20. The van der Waals surface area contributed by atoms with Crippen molar-refractivity contribution in [1.82, 2.24) is 9.80 Å². The first-order chi connectivity index (χ1) is 19.0. The Hall–Kier alpha value is -3.16. The largest absolute Gasteiger partial charge is 0.335 e. The summed E-state index contributed by atoms with van der Waals surface area (Å²) < 4.78 is 0. The van der Waals surface area contributed by atoms with E-state index in [0.717, 1.165) is 73.5 Å². The van der Waals surface area contributed by atoms with Crippen LogP contribution < -0.4 is 0 Å². The normalized spacial score (nSPS) is 16.8. The van der Waals surface area contributed by atoms with E-state index in [0.29, 0.717) is 6.54 Å². The van der Waals surface area contributed by atoms with E-state index in [1.807, 2.05) is 12.1 Å². The van der Waals surface area contributed by atoms with E-state index in [1.165, 1.54) is 11.1 Å². The number of nitrogens with zero attached hydrogens (tertiary/aromatic N) is 3. The van der Waals surface area contributed by atoms with Crippen LogP contribution in [0.1, 0.15) is 55.2 Å². The number of carbonyl (C=O) groups excluding carboxylic acids is 1. The maximum absolute atomic E-state index is 13.9. The molecule has 39 heavy (non-hydrogen) atoms. The lowest BCUT2D eigenvalue weighted by Gasteiger charge is -2.40. The van der Waals surface area contributed by atoms with Gasteiger partial charge in [0.1, 0.15) is 0 Å². The molecule has 0 radical (unpaired) electrons. The van der Waals surface area contributed by atoms with E-state index >= 15 is 0 Å². The fourth-order valence-electron chi connectivity index (χ4n) is 5.84. The minimum absolute atomic E-state index is 0.0687. The summed E-state index contributed by atoms with van der Waals surface area (Å²) in [6.45, 7) is 5.27. The van der Waals surface area contributed by atoms with E-state index in [9.17, 15) is 14.9 Å². The second-order valence-electron chi connectivity index (χ2n) is 10.9. The van der Waals surface area contributed by atoms with E-state index in [1.54, 1.807) is 23.9 Å². The van der Waals surface area contributed by atoms with Gasteiger partial charge in [0.25, 0.3) is 5.69 Å². The summed E-state index contributed by atoms with van der Waals surface area (Å²) in [7, 11) is 0. The molecule has 1 saturated carbocycles. The Morgan fingerprint density at radius 1 is 0.974 bits per heavy atom. The number of amides is 1. The molecule has 1 saturated heterocycles.